The molecule has 0 rings (SSSR count). The number of carbonyl (C=O) groups is 2. The molecule has 0 radical (unpaired) electrons. The SMILES string of the molecule is C/C=C/CCCOC(=O)CCCC(=O)OCC(F)(F)C(F)(F)C(F)(F)C(F)F. The van der Waals surface area contributed by atoms with E-state index in [2.05, 4.69) is 4.74 Å². The van der Waals surface area contributed by atoms with Crippen LogP contribution in [0.25, 0.3) is 0 Å². The van der Waals surface area contributed by atoms with Gasteiger partial charge in [-0.15, -0.1) is 0 Å². The summed E-state index contributed by atoms with van der Waals surface area (Å²) in [6.45, 7) is -0.587. The first-order chi connectivity index (χ1) is 12.8. The Kier molecular flexibility index (Phi) is 10.4. The number of hydrogen-bond donors (Lipinski definition) is 0. The summed E-state index contributed by atoms with van der Waals surface area (Å²) in [5.41, 5.74) is 0. The van der Waals surface area contributed by atoms with Gasteiger partial charge in [-0.2, -0.15) is 26.3 Å². The molecule has 0 aromatic heterocycles. The Bertz CT molecular complexity index is 535. The zero-order valence-corrected chi connectivity index (χ0v) is 14.8. The lowest BCUT2D eigenvalue weighted by Crippen LogP contribution is -2.59. The predicted molar refractivity (Wildman–Crippen MR) is 80.7 cm³/mol. The van der Waals surface area contributed by atoms with Crippen molar-refractivity contribution in [1.29, 1.82) is 0 Å². The summed E-state index contributed by atoms with van der Waals surface area (Å²) >= 11 is 0. The Morgan fingerprint density at radius 2 is 1.46 bits per heavy atom. The van der Waals surface area contributed by atoms with E-state index in [0.717, 1.165) is 0 Å². The zero-order chi connectivity index (χ0) is 22.0. The Labute approximate surface area is 155 Å². The second-order valence-corrected chi connectivity index (χ2v) is 5.65. The molecule has 0 atom stereocenters. The van der Waals surface area contributed by atoms with E-state index in [1.54, 1.807) is 0 Å². The quantitative estimate of drug-likeness (QED) is 0.184. The Balaban J connectivity index is 4.31. The van der Waals surface area contributed by atoms with Crippen LogP contribution in [0.1, 0.15) is 39.0 Å². The summed E-state index contributed by atoms with van der Waals surface area (Å²) in [6, 6.07) is 0. The molecule has 4 nitrogen and oxygen atoms in total. The van der Waals surface area contributed by atoms with Gasteiger partial charge < -0.3 is 9.47 Å². The first kappa shape index (κ1) is 26.1. The fourth-order valence-electron chi connectivity index (χ4n) is 1.72. The molecule has 0 amide bonds. The van der Waals surface area contributed by atoms with Crippen molar-refractivity contribution >= 4 is 11.9 Å². The largest absolute Gasteiger partial charge is 0.466 e. The summed E-state index contributed by atoms with van der Waals surface area (Å²) in [4.78, 5) is 22.5. The van der Waals surface area contributed by atoms with Crippen LogP contribution in [0.2, 0.25) is 0 Å². The van der Waals surface area contributed by atoms with Crippen LogP contribution in [0, 0.1) is 0 Å². The molecule has 0 fully saturated rings. The summed E-state index contributed by atoms with van der Waals surface area (Å²) in [5, 5.41) is 0. The molecule has 0 saturated carbocycles. The van der Waals surface area contributed by atoms with Gasteiger partial charge in [0.1, 0.15) is 0 Å². The second-order valence-electron chi connectivity index (χ2n) is 5.65. The van der Waals surface area contributed by atoms with Gasteiger partial charge in [0.15, 0.2) is 6.61 Å². The lowest BCUT2D eigenvalue weighted by atomic mass is 10.1. The van der Waals surface area contributed by atoms with Gasteiger partial charge >= 0.3 is 36.1 Å². The molecule has 0 aliphatic heterocycles. The van der Waals surface area contributed by atoms with Crippen LogP contribution in [0.3, 0.4) is 0 Å². The van der Waals surface area contributed by atoms with Crippen molar-refractivity contribution in [2.75, 3.05) is 13.2 Å². The molecule has 0 aliphatic rings. The average Bonchev–Trinajstić information content (AvgIpc) is 2.59. The van der Waals surface area contributed by atoms with Crippen molar-refractivity contribution in [2.45, 2.75) is 63.2 Å². The predicted octanol–water partition coefficient (Wildman–Crippen LogP) is 4.77. The van der Waals surface area contributed by atoms with Gasteiger partial charge in [-0.25, -0.2) is 8.78 Å². The number of hydrogen-bond acceptors (Lipinski definition) is 4. The van der Waals surface area contributed by atoms with Gasteiger partial charge in [0.05, 0.1) is 6.61 Å². The third kappa shape index (κ3) is 7.63. The number of carbonyl (C=O) groups excluding carboxylic acids is 2. The van der Waals surface area contributed by atoms with Crippen LogP contribution in [-0.4, -0.2) is 49.3 Å². The first-order valence-electron chi connectivity index (χ1n) is 8.13. The molecule has 164 valence electrons. The van der Waals surface area contributed by atoms with Crippen LogP contribution in [0.4, 0.5) is 35.1 Å². The van der Waals surface area contributed by atoms with Crippen LogP contribution in [0.15, 0.2) is 12.2 Å². The van der Waals surface area contributed by atoms with E-state index >= 15 is 0 Å². The van der Waals surface area contributed by atoms with Gasteiger partial charge in [-0.05, 0) is 26.2 Å². The van der Waals surface area contributed by atoms with Crippen LogP contribution < -0.4 is 0 Å². The van der Waals surface area contributed by atoms with E-state index in [9.17, 15) is 44.7 Å². The molecule has 0 saturated heterocycles. The van der Waals surface area contributed by atoms with Crippen LogP contribution >= 0.6 is 0 Å². The fraction of sp³-hybridized carbons (Fsp3) is 0.750. The first-order valence-corrected chi connectivity index (χ1v) is 8.13. The highest BCUT2D eigenvalue weighted by Crippen LogP contribution is 2.48. The monoisotopic (exact) mass is 428 g/mol. The van der Waals surface area contributed by atoms with E-state index in [-0.39, 0.29) is 19.4 Å². The number of allylic oxidation sites excluding steroid dienone is 2. The van der Waals surface area contributed by atoms with E-state index in [4.69, 9.17) is 4.74 Å². The van der Waals surface area contributed by atoms with E-state index in [0.29, 0.717) is 12.8 Å². The van der Waals surface area contributed by atoms with Gasteiger partial charge in [0.2, 0.25) is 0 Å². The summed E-state index contributed by atoms with van der Waals surface area (Å²) < 4.78 is 110. The highest BCUT2D eigenvalue weighted by molar-refractivity contribution is 5.72. The highest BCUT2D eigenvalue weighted by atomic mass is 19.4. The number of esters is 2. The zero-order valence-electron chi connectivity index (χ0n) is 14.8. The van der Waals surface area contributed by atoms with Gasteiger partial charge in [0.25, 0.3) is 0 Å². The lowest BCUT2D eigenvalue weighted by Gasteiger charge is -2.31. The minimum absolute atomic E-state index is 0.118. The smallest absolute Gasteiger partial charge is 0.381 e. The molecular formula is C16H20F8O4. The van der Waals surface area contributed by atoms with Crippen molar-refractivity contribution in [3.05, 3.63) is 12.2 Å². The lowest BCUT2D eigenvalue weighted by molar-refractivity contribution is -0.344. The summed E-state index contributed by atoms with van der Waals surface area (Å²) in [6.07, 6.45) is -1.35. The highest BCUT2D eigenvalue weighted by Gasteiger charge is 2.75. The van der Waals surface area contributed by atoms with Crippen LogP contribution in [0.5, 0.6) is 0 Å². The van der Waals surface area contributed by atoms with Crippen molar-refractivity contribution in [1.82, 2.24) is 0 Å². The third-order valence-electron chi connectivity index (χ3n) is 3.34. The molecule has 0 spiro atoms. The fourth-order valence-corrected chi connectivity index (χ4v) is 1.72. The maximum atomic E-state index is 13.2. The molecule has 0 unspecified atom stereocenters. The molecule has 0 aliphatic carbocycles. The third-order valence-corrected chi connectivity index (χ3v) is 3.34. The maximum Gasteiger partial charge on any atom is 0.381 e. The van der Waals surface area contributed by atoms with Crippen molar-refractivity contribution in [2.24, 2.45) is 0 Å². The van der Waals surface area contributed by atoms with Gasteiger partial charge in [-0.1, -0.05) is 12.2 Å². The Morgan fingerprint density at radius 3 is 1.96 bits per heavy atom. The molecular weight excluding hydrogens is 408 g/mol. The minimum Gasteiger partial charge on any atom is -0.466 e. The number of rotatable bonds is 13. The van der Waals surface area contributed by atoms with Gasteiger partial charge in [-0.3, -0.25) is 9.59 Å². The van der Waals surface area contributed by atoms with E-state index in [1.807, 2.05) is 19.1 Å². The topological polar surface area (TPSA) is 52.6 Å². The van der Waals surface area contributed by atoms with Crippen molar-refractivity contribution < 1.29 is 54.2 Å². The summed E-state index contributed by atoms with van der Waals surface area (Å²) in [7, 11) is 0. The Morgan fingerprint density at radius 1 is 0.929 bits per heavy atom. The standard InChI is InChI=1S/C16H20F8O4/c1-2-3-4-5-9-27-11(25)7-6-8-12(26)28-10-14(19,20)16(23,24)15(21,22)13(17)18/h2-3,13H,4-10H2,1H3/b3-2+. The summed E-state index contributed by atoms with van der Waals surface area (Å²) in [5.74, 6) is -20.7. The van der Waals surface area contributed by atoms with Crippen LogP contribution in [-0.2, 0) is 19.1 Å². The number of halogens is 8. The number of alkyl halides is 8. The molecule has 28 heavy (non-hydrogen) atoms. The molecule has 0 bridgehead atoms. The van der Waals surface area contributed by atoms with Crippen molar-refractivity contribution in [3.8, 4) is 0 Å². The van der Waals surface area contributed by atoms with Crippen molar-refractivity contribution in [3.63, 3.8) is 0 Å². The van der Waals surface area contributed by atoms with Gasteiger partial charge in [0, 0.05) is 12.8 Å². The maximum absolute atomic E-state index is 13.2. The molecule has 0 heterocycles. The van der Waals surface area contributed by atoms with E-state index in [1.165, 1.54) is 0 Å². The number of unbranched alkanes of at least 4 members (excludes halogenated alkanes) is 1. The normalized spacial score (nSPS) is 13.2. The molecule has 0 aromatic rings. The average molecular weight is 428 g/mol. The van der Waals surface area contributed by atoms with E-state index < -0.39 is 49.2 Å². The molecule has 0 aromatic carbocycles. The molecule has 0 N–H and O–H groups in total. The Hall–Kier alpha value is -1.88. The molecule has 12 heteroatoms. The minimum atomic E-state index is -6.44. The second kappa shape index (κ2) is 11.2. The number of ether oxygens (including phenoxy) is 2.